The Labute approximate surface area is 174 Å². The molecule has 1 fully saturated rings. The largest absolute Gasteiger partial charge is 0.491 e. The van der Waals surface area contributed by atoms with Crippen molar-refractivity contribution in [2.24, 2.45) is 0 Å². The van der Waals surface area contributed by atoms with Gasteiger partial charge in [-0.25, -0.2) is 4.39 Å². The van der Waals surface area contributed by atoms with Gasteiger partial charge in [-0.2, -0.15) is 0 Å². The lowest BCUT2D eigenvalue weighted by Gasteiger charge is -2.34. The summed E-state index contributed by atoms with van der Waals surface area (Å²) in [5.74, 6) is 0.212. The Bertz CT molecular complexity index is 788. The van der Waals surface area contributed by atoms with E-state index in [4.69, 9.17) is 32.7 Å². The number of rotatable bonds is 7. The summed E-state index contributed by atoms with van der Waals surface area (Å²) in [6, 6.07) is 10.6. The number of morpholine rings is 1. The average molecular weight is 428 g/mol. The van der Waals surface area contributed by atoms with E-state index < -0.39 is 11.9 Å². The Morgan fingerprint density at radius 1 is 1.25 bits per heavy atom. The van der Waals surface area contributed by atoms with Crippen LogP contribution in [0.2, 0.25) is 10.0 Å². The molecule has 0 radical (unpaired) electrons. The minimum absolute atomic E-state index is 0.0130. The molecule has 3 rings (SSSR count). The maximum atomic E-state index is 13.8. The zero-order valence-electron chi connectivity index (χ0n) is 15.7. The van der Waals surface area contributed by atoms with Crippen LogP contribution in [0, 0.1) is 5.82 Å². The fourth-order valence-electron chi connectivity index (χ4n) is 3.21. The van der Waals surface area contributed by atoms with Crippen LogP contribution in [0.25, 0.3) is 0 Å². The molecule has 1 aliphatic rings. The molecule has 2 aromatic carbocycles. The second kappa shape index (κ2) is 9.90. The van der Waals surface area contributed by atoms with Crippen LogP contribution >= 0.6 is 23.2 Å². The van der Waals surface area contributed by atoms with Crippen molar-refractivity contribution in [1.82, 2.24) is 4.90 Å². The van der Waals surface area contributed by atoms with E-state index in [2.05, 4.69) is 11.8 Å². The van der Waals surface area contributed by atoms with Crippen molar-refractivity contribution < 1.29 is 19.0 Å². The van der Waals surface area contributed by atoms with Crippen LogP contribution in [0.1, 0.15) is 24.2 Å². The maximum Gasteiger partial charge on any atom is 0.142 e. The van der Waals surface area contributed by atoms with Gasteiger partial charge in [0.25, 0.3) is 0 Å². The fourth-order valence-corrected chi connectivity index (χ4v) is 3.71. The first-order chi connectivity index (χ1) is 13.5. The van der Waals surface area contributed by atoms with Crippen molar-refractivity contribution in [2.45, 2.75) is 25.6 Å². The quantitative estimate of drug-likeness (QED) is 0.660. The smallest absolute Gasteiger partial charge is 0.142 e. The van der Waals surface area contributed by atoms with Gasteiger partial charge in [-0.05, 0) is 36.2 Å². The second-order valence-corrected chi connectivity index (χ2v) is 7.68. The summed E-state index contributed by atoms with van der Waals surface area (Å²) in [5.41, 5.74) is 1.81. The van der Waals surface area contributed by atoms with Gasteiger partial charge in [0.05, 0.1) is 17.7 Å². The molecule has 1 saturated heterocycles. The molecule has 1 aliphatic heterocycles. The highest BCUT2D eigenvalue weighted by Gasteiger charge is 2.26. The van der Waals surface area contributed by atoms with Crippen LogP contribution < -0.4 is 4.74 Å². The van der Waals surface area contributed by atoms with E-state index in [1.165, 1.54) is 17.7 Å². The van der Waals surface area contributed by atoms with E-state index in [1.807, 2.05) is 24.3 Å². The molecule has 2 aromatic rings. The molecule has 0 bridgehead atoms. The number of aryl methyl sites for hydroxylation is 1. The highest BCUT2D eigenvalue weighted by molar-refractivity contribution is 6.35. The summed E-state index contributed by atoms with van der Waals surface area (Å²) in [6.07, 6.45) is -0.0485. The van der Waals surface area contributed by atoms with Gasteiger partial charge in [0.15, 0.2) is 0 Å². The summed E-state index contributed by atoms with van der Waals surface area (Å²) in [6.45, 7) is 4.37. The molecule has 0 aromatic heterocycles. The van der Waals surface area contributed by atoms with Crippen molar-refractivity contribution in [2.75, 3.05) is 32.8 Å². The molecule has 0 amide bonds. The van der Waals surface area contributed by atoms with E-state index in [0.717, 1.165) is 12.2 Å². The summed E-state index contributed by atoms with van der Waals surface area (Å²) < 4.78 is 25.2. The fraction of sp³-hybridized carbons (Fsp3) is 0.429. The molecule has 0 aliphatic carbocycles. The summed E-state index contributed by atoms with van der Waals surface area (Å²) in [7, 11) is 0. The summed E-state index contributed by atoms with van der Waals surface area (Å²) >= 11 is 12.0. The van der Waals surface area contributed by atoms with Crippen molar-refractivity contribution in [3.63, 3.8) is 0 Å². The molecule has 4 nitrogen and oxygen atoms in total. The SMILES string of the molecule is CCc1ccc(OCC(O)CN2CCOC(c3cc(F)c(Cl)cc3Cl)C2)cc1. The summed E-state index contributed by atoms with van der Waals surface area (Å²) in [5, 5.41) is 10.7. The molecule has 1 heterocycles. The van der Waals surface area contributed by atoms with Crippen molar-refractivity contribution in [1.29, 1.82) is 0 Å². The first kappa shape index (κ1) is 21.3. The van der Waals surface area contributed by atoms with E-state index in [-0.39, 0.29) is 17.7 Å². The van der Waals surface area contributed by atoms with Gasteiger partial charge in [-0.1, -0.05) is 42.3 Å². The highest BCUT2D eigenvalue weighted by Crippen LogP contribution is 2.32. The van der Waals surface area contributed by atoms with E-state index >= 15 is 0 Å². The van der Waals surface area contributed by atoms with Crippen molar-refractivity contribution in [3.05, 3.63) is 63.4 Å². The zero-order valence-corrected chi connectivity index (χ0v) is 17.2. The van der Waals surface area contributed by atoms with Crippen LogP contribution in [-0.4, -0.2) is 49.0 Å². The van der Waals surface area contributed by atoms with Crippen LogP contribution in [0.3, 0.4) is 0 Å². The number of aliphatic hydroxyl groups is 1. The lowest BCUT2D eigenvalue weighted by molar-refractivity contribution is -0.0460. The molecule has 2 atom stereocenters. The molecular weight excluding hydrogens is 404 g/mol. The van der Waals surface area contributed by atoms with E-state index in [1.54, 1.807) is 0 Å². The number of ether oxygens (including phenoxy) is 2. The third-order valence-corrected chi connectivity index (χ3v) is 5.40. The minimum Gasteiger partial charge on any atom is -0.491 e. The van der Waals surface area contributed by atoms with Gasteiger partial charge in [0.1, 0.15) is 24.3 Å². The number of hydrogen-bond donors (Lipinski definition) is 1. The van der Waals surface area contributed by atoms with Crippen molar-refractivity contribution in [3.8, 4) is 5.75 Å². The maximum absolute atomic E-state index is 13.8. The molecule has 7 heteroatoms. The standard InChI is InChI=1S/C21H24Cl2FNO3/c1-2-14-3-5-16(6-4-14)28-13-15(26)11-25-7-8-27-21(12-25)17-9-20(24)19(23)10-18(17)22/h3-6,9-10,15,21,26H,2,7-8,11-13H2,1H3. The number of hydrogen-bond acceptors (Lipinski definition) is 4. The molecule has 2 unspecified atom stereocenters. The monoisotopic (exact) mass is 427 g/mol. The lowest BCUT2D eigenvalue weighted by Crippen LogP contribution is -2.43. The highest BCUT2D eigenvalue weighted by atomic mass is 35.5. The third-order valence-electron chi connectivity index (χ3n) is 4.78. The number of β-amino-alcohol motifs (C(OH)–C–C–N with tert-alkyl or cyclic N) is 1. The number of benzene rings is 2. The first-order valence-electron chi connectivity index (χ1n) is 9.34. The Kier molecular flexibility index (Phi) is 7.55. The zero-order chi connectivity index (χ0) is 20.1. The predicted octanol–water partition coefficient (Wildman–Crippen LogP) is 4.51. The van der Waals surface area contributed by atoms with Gasteiger partial charge in [-0.15, -0.1) is 0 Å². The molecule has 1 N–H and O–H groups in total. The number of halogens is 3. The Hall–Kier alpha value is -1.37. The van der Waals surface area contributed by atoms with Gasteiger partial charge in [0.2, 0.25) is 0 Å². The topological polar surface area (TPSA) is 41.9 Å². The lowest BCUT2D eigenvalue weighted by atomic mass is 10.1. The molecule has 0 saturated carbocycles. The average Bonchev–Trinajstić information content (AvgIpc) is 2.70. The van der Waals surface area contributed by atoms with Gasteiger partial charge in [0, 0.05) is 30.2 Å². The van der Waals surface area contributed by atoms with Crippen LogP contribution in [0.4, 0.5) is 4.39 Å². The van der Waals surface area contributed by atoms with Crippen LogP contribution in [0.5, 0.6) is 5.75 Å². The van der Waals surface area contributed by atoms with Crippen molar-refractivity contribution >= 4 is 23.2 Å². The summed E-state index contributed by atoms with van der Waals surface area (Å²) in [4.78, 5) is 2.06. The molecule has 0 spiro atoms. The Morgan fingerprint density at radius 2 is 2.00 bits per heavy atom. The normalized spacial score (nSPS) is 18.8. The number of aliphatic hydroxyl groups excluding tert-OH is 1. The number of nitrogens with zero attached hydrogens (tertiary/aromatic N) is 1. The van der Waals surface area contributed by atoms with E-state index in [9.17, 15) is 9.50 Å². The van der Waals surface area contributed by atoms with Crippen LogP contribution in [0.15, 0.2) is 36.4 Å². The predicted molar refractivity (Wildman–Crippen MR) is 109 cm³/mol. The van der Waals surface area contributed by atoms with Gasteiger partial charge in [-0.3, -0.25) is 4.90 Å². The first-order valence-corrected chi connectivity index (χ1v) is 10.1. The Balaban J connectivity index is 1.53. The van der Waals surface area contributed by atoms with Gasteiger partial charge >= 0.3 is 0 Å². The Morgan fingerprint density at radius 3 is 2.71 bits per heavy atom. The van der Waals surface area contributed by atoms with Crippen LogP contribution in [-0.2, 0) is 11.2 Å². The molecule has 152 valence electrons. The second-order valence-electron chi connectivity index (χ2n) is 6.87. The molecule has 28 heavy (non-hydrogen) atoms. The third kappa shape index (κ3) is 5.58. The van der Waals surface area contributed by atoms with Gasteiger partial charge < -0.3 is 14.6 Å². The minimum atomic E-state index is -0.651. The van der Waals surface area contributed by atoms with E-state index in [0.29, 0.717) is 36.8 Å². The molecular formula is C21H24Cl2FNO3.